The number of fused-ring (bicyclic) bond motifs is 3. The van der Waals surface area contributed by atoms with Gasteiger partial charge in [0.05, 0.1) is 0 Å². The van der Waals surface area contributed by atoms with Crippen LogP contribution in [0.3, 0.4) is 0 Å². The fourth-order valence-corrected chi connectivity index (χ4v) is 2.31. The maximum absolute atomic E-state index is 11.6. The van der Waals surface area contributed by atoms with Crippen LogP contribution in [-0.4, -0.2) is 24.6 Å². The highest BCUT2D eigenvalue weighted by atomic mass is 16.1. The van der Waals surface area contributed by atoms with Crippen molar-refractivity contribution in [2.24, 2.45) is 0 Å². The van der Waals surface area contributed by atoms with Gasteiger partial charge in [-0.1, -0.05) is 12.1 Å². The third-order valence-corrected chi connectivity index (χ3v) is 3.30. The second-order valence-electron chi connectivity index (χ2n) is 4.47. The van der Waals surface area contributed by atoms with Gasteiger partial charge in [-0.2, -0.15) is 5.10 Å². The molecule has 0 atom stereocenters. The zero-order chi connectivity index (χ0) is 13.5. The Morgan fingerprint density at radius 3 is 2.75 bits per heavy atom. The van der Waals surface area contributed by atoms with Gasteiger partial charge in [-0.15, -0.1) is 0 Å². The van der Waals surface area contributed by atoms with E-state index in [2.05, 4.69) is 20.2 Å². The van der Waals surface area contributed by atoms with Crippen molar-refractivity contribution in [1.29, 1.82) is 0 Å². The number of nitrogens with zero attached hydrogens (tertiary/aromatic N) is 4. The van der Waals surface area contributed by atoms with Crippen LogP contribution in [0.1, 0.15) is 0 Å². The van der Waals surface area contributed by atoms with Gasteiger partial charge in [0.2, 0.25) is 0 Å². The van der Waals surface area contributed by atoms with Crippen LogP contribution in [0.5, 0.6) is 0 Å². The summed E-state index contributed by atoms with van der Waals surface area (Å²) in [7, 11) is 0. The van der Waals surface area contributed by atoms with Crippen LogP contribution >= 0.6 is 0 Å². The molecular formula is C14H9N5O. The van der Waals surface area contributed by atoms with Crippen LogP contribution < -0.4 is 5.69 Å². The van der Waals surface area contributed by atoms with Crippen molar-refractivity contribution in [2.45, 2.75) is 0 Å². The zero-order valence-electron chi connectivity index (χ0n) is 10.3. The number of pyridine rings is 1. The molecule has 0 unspecified atom stereocenters. The van der Waals surface area contributed by atoms with Crippen LogP contribution in [0.25, 0.3) is 27.5 Å². The second-order valence-corrected chi connectivity index (χ2v) is 4.47. The predicted octanol–water partition coefficient (Wildman–Crippen LogP) is 1.63. The van der Waals surface area contributed by atoms with Gasteiger partial charge in [0.25, 0.3) is 0 Å². The summed E-state index contributed by atoms with van der Waals surface area (Å²) >= 11 is 0. The molecule has 3 aromatic heterocycles. The molecule has 0 radical (unpaired) electrons. The molecule has 0 spiro atoms. The largest absolute Gasteiger partial charge is 0.347 e. The van der Waals surface area contributed by atoms with Crippen molar-refractivity contribution >= 4 is 16.4 Å². The van der Waals surface area contributed by atoms with E-state index >= 15 is 0 Å². The summed E-state index contributed by atoms with van der Waals surface area (Å²) in [6, 6.07) is 7.88. The number of nitrogens with one attached hydrogen (secondary N) is 1. The summed E-state index contributed by atoms with van der Waals surface area (Å²) < 4.78 is 1.49. The van der Waals surface area contributed by atoms with Gasteiger partial charge in [0.15, 0.2) is 5.65 Å². The average Bonchev–Trinajstić information content (AvgIpc) is 2.89. The third-order valence-electron chi connectivity index (χ3n) is 3.30. The fraction of sp³-hybridized carbons (Fsp3) is 0. The van der Waals surface area contributed by atoms with Crippen LogP contribution in [0.15, 0.2) is 54.0 Å². The third kappa shape index (κ3) is 1.51. The first-order chi connectivity index (χ1) is 9.83. The number of hydrogen-bond acceptors (Lipinski definition) is 4. The first-order valence-electron chi connectivity index (χ1n) is 6.08. The summed E-state index contributed by atoms with van der Waals surface area (Å²) in [5.41, 5.74) is 2.29. The number of H-pyrrole nitrogens is 1. The van der Waals surface area contributed by atoms with E-state index in [0.29, 0.717) is 5.65 Å². The van der Waals surface area contributed by atoms with Crippen LogP contribution in [0.2, 0.25) is 0 Å². The maximum Gasteiger partial charge on any atom is 0.347 e. The lowest BCUT2D eigenvalue weighted by molar-refractivity contribution is 1.02. The molecule has 0 fully saturated rings. The predicted molar refractivity (Wildman–Crippen MR) is 74.3 cm³/mol. The standard InChI is InChI=1S/C14H9N5O/c20-14-18-17-13-12-5-10(11-6-15-8-16-7-11)2-1-9(12)3-4-19(13)14/h1-8H,(H,18,20). The minimum Gasteiger partial charge on any atom is -0.250 e. The molecule has 6 nitrogen and oxygen atoms in total. The number of aromatic amines is 1. The Balaban J connectivity index is 2.07. The molecule has 3 heterocycles. The molecule has 0 bridgehead atoms. The summed E-state index contributed by atoms with van der Waals surface area (Å²) in [6.07, 6.45) is 6.72. The summed E-state index contributed by atoms with van der Waals surface area (Å²) in [5, 5.41) is 8.47. The molecule has 20 heavy (non-hydrogen) atoms. The van der Waals surface area contributed by atoms with E-state index in [1.54, 1.807) is 18.6 Å². The van der Waals surface area contributed by atoms with Gasteiger partial charge in [-0.25, -0.2) is 24.3 Å². The molecule has 0 aliphatic carbocycles. The lowest BCUT2D eigenvalue weighted by Gasteiger charge is -2.04. The van der Waals surface area contributed by atoms with Gasteiger partial charge >= 0.3 is 5.69 Å². The molecule has 0 saturated carbocycles. The van der Waals surface area contributed by atoms with Gasteiger partial charge in [-0.3, -0.25) is 0 Å². The molecule has 0 amide bonds. The van der Waals surface area contributed by atoms with Gasteiger partial charge in [-0.05, 0) is 23.1 Å². The number of hydrogen-bond donors (Lipinski definition) is 1. The fourth-order valence-electron chi connectivity index (χ4n) is 2.31. The van der Waals surface area contributed by atoms with Crippen molar-refractivity contribution in [2.75, 3.05) is 0 Å². The normalized spacial score (nSPS) is 11.2. The Morgan fingerprint density at radius 2 is 1.90 bits per heavy atom. The van der Waals surface area contributed by atoms with Gasteiger partial charge in [0, 0.05) is 29.5 Å². The lowest BCUT2D eigenvalue weighted by atomic mass is 10.0. The summed E-state index contributed by atoms with van der Waals surface area (Å²) in [4.78, 5) is 19.6. The second kappa shape index (κ2) is 3.99. The van der Waals surface area contributed by atoms with Crippen molar-refractivity contribution < 1.29 is 0 Å². The van der Waals surface area contributed by atoms with Crippen molar-refractivity contribution in [1.82, 2.24) is 24.6 Å². The molecule has 96 valence electrons. The van der Waals surface area contributed by atoms with E-state index in [1.807, 2.05) is 24.3 Å². The van der Waals surface area contributed by atoms with Crippen LogP contribution in [0.4, 0.5) is 0 Å². The van der Waals surface area contributed by atoms with E-state index in [0.717, 1.165) is 21.9 Å². The number of rotatable bonds is 1. The van der Waals surface area contributed by atoms with E-state index < -0.39 is 0 Å². The summed E-state index contributed by atoms with van der Waals surface area (Å²) in [5.74, 6) is 0. The molecule has 4 rings (SSSR count). The lowest BCUT2D eigenvalue weighted by Crippen LogP contribution is -2.08. The molecule has 6 heteroatoms. The Hall–Kier alpha value is -3.02. The molecule has 1 N–H and O–H groups in total. The van der Waals surface area contributed by atoms with Gasteiger partial charge < -0.3 is 0 Å². The molecule has 4 aromatic rings. The summed E-state index contributed by atoms with van der Waals surface area (Å²) in [6.45, 7) is 0. The monoisotopic (exact) mass is 263 g/mol. The molecule has 0 aliphatic rings. The highest BCUT2D eigenvalue weighted by Gasteiger charge is 2.07. The Bertz CT molecular complexity index is 971. The zero-order valence-corrected chi connectivity index (χ0v) is 10.3. The molecule has 0 saturated heterocycles. The molecule has 0 aliphatic heterocycles. The average molecular weight is 263 g/mol. The van der Waals surface area contributed by atoms with E-state index in [9.17, 15) is 4.79 Å². The molecule has 1 aromatic carbocycles. The topological polar surface area (TPSA) is 75.9 Å². The van der Waals surface area contributed by atoms with E-state index in [-0.39, 0.29) is 5.69 Å². The van der Waals surface area contributed by atoms with Crippen molar-refractivity contribution in [3.8, 4) is 11.1 Å². The number of aromatic nitrogens is 5. The Labute approximate surface area is 112 Å². The maximum atomic E-state index is 11.6. The van der Waals surface area contributed by atoms with Crippen LogP contribution in [-0.2, 0) is 0 Å². The highest BCUT2D eigenvalue weighted by molar-refractivity contribution is 5.96. The highest BCUT2D eigenvalue weighted by Crippen LogP contribution is 2.25. The quantitative estimate of drug-likeness (QED) is 0.566. The van der Waals surface area contributed by atoms with Crippen molar-refractivity contribution in [3.63, 3.8) is 0 Å². The number of benzene rings is 1. The first-order valence-corrected chi connectivity index (χ1v) is 6.08. The minimum atomic E-state index is -0.240. The van der Waals surface area contributed by atoms with Gasteiger partial charge in [0.1, 0.15) is 6.33 Å². The molecular weight excluding hydrogens is 254 g/mol. The van der Waals surface area contributed by atoms with E-state index in [4.69, 9.17) is 0 Å². The minimum absolute atomic E-state index is 0.240. The smallest absolute Gasteiger partial charge is 0.250 e. The van der Waals surface area contributed by atoms with E-state index in [1.165, 1.54) is 10.7 Å². The Morgan fingerprint density at radius 1 is 1.05 bits per heavy atom. The first kappa shape index (κ1) is 10.9. The Kier molecular flexibility index (Phi) is 2.17. The van der Waals surface area contributed by atoms with Crippen LogP contribution in [0, 0.1) is 0 Å². The SMILES string of the molecule is O=c1[nH]nc2c3cc(-c4cncnc4)ccc3ccn12. The van der Waals surface area contributed by atoms with Crippen molar-refractivity contribution in [3.05, 3.63) is 59.7 Å².